The van der Waals surface area contributed by atoms with Gasteiger partial charge in [0, 0.05) is 13.2 Å². The summed E-state index contributed by atoms with van der Waals surface area (Å²) in [7, 11) is 0. The number of aliphatic hydroxyl groups excluding tert-OH is 21. The van der Waals surface area contributed by atoms with Crippen LogP contribution in [0, 0.1) is 0 Å². The van der Waals surface area contributed by atoms with Crippen LogP contribution in [-0.4, -0.2) is 411 Å². The Hall–Kier alpha value is -0.440. The summed E-state index contributed by atoms with van der Waals surface area (Å²) in [5, 5.41) is 230. The molecule has 83 heavy (non-hydrogen) atoms. The van der Waals surface area contributed by atoms with E-state index in [1.165, 1.54) is 0 Å². The van der Waals surface area contributed by atoms with E-state index in [0.29, 0.717) is 0 Å². The molecule has 0 aromatic heterocycles. The molecule has 482 valence electrons. The van der Waals surface area contributed by atoms with Crippen LogP contribution in [0.2, 0.25) is 0 Å². The molecule has 0 spiro atoms. The Morgan fingerprint density at radius 1 is 0.217 bits per heavy atom. The summed E-state index contributed by atoms with van der Waals surface area (Å²) in [6, 6.07) is 0. The first-order chi connectivity index (χ1) is 39.1. The molecule has 36 nitrogen and oxygen atoms in total. The van der Waals surface area contributed by atoms with Crippen LogP contribution < -0.4 is 0 Å². The number of ether oxygens (including phenoxy) is 15. The first kappa shape index (κ1) is 71.6. The van der Waals surface area contributed by atoms with Crippen molar-refractivity contribution >= 4 is 29.6 Å². The second-order valence-corrected chi connectivity index (χ2v) is 20.4. The van der Waals surface area contributed by atoms with Crippen molar-refractivity contribution in [1.82, 2.24) is 0 Å². The summed E-state index contributed by atoms with van der Waals surface area (Å²) in [5.41, 5.74) is 0. The van der Waals surface area contributed by atoms with Crippen molar-refractivity contribution in [3.63, 3.8) is 0 Å². The molecule has 0 saturated carbocycles. The van der Waals surface area contributed by atoms with Gasteiger partial charge in [0.25, 0.3) is 0 Å². The van der Waals surface area contributed by atoms with Gasteiger partial charge in [-0.2, -0.15) is 0 Å². The van der Waals surface area contributed by atoms with Gasteiger partial charge in [-0.05, 0) is 13.8 Å². The van der Waals surface area contributed by atoms with Gasteiger partial charge in [0.15, 0.2) is 44.0 Å². The molecular formula is C46H81NaO36. The van der Waals surface area contributed by atoms with Gasteiger partial charge in [0.05, 0.1) is 46.2 Å². The predicted molar refractivity (Wildman–Crippen MR) is 258 cm³/mol. The standard InChI is InChI=1S/C42H70O35.C4H10O.Na.H/c43-1-8-29-15(50)22(57)36(64-8)72-30-9(2-44)66-38(24(59)17(30)52)74-32-11(4-46)68-40(26(61)19(32)54)76-34-13(6-48)70-42(28(63)21(34)56)77-35-14(7-49)69-41(27(62)20(35)55)75-33-12(5-47)67-39(25(60)18(33)53)73-31-10(3-45)65-37(71-29)23(58)16(31)51;1-3-5-4-2;;/h8-63H,1-7H2;3-4H2,1-2H3;;/t8-,9-,10-,11-,12-,13-,14-,15-,16-,17-,18-,19-,20-,21-,22-,23-,24-,25-,26-,27-,28-,29-,30-,31-,32-,33-,34-,35-,36-,37-,38-,39-,40-,41-,42-;;;/m1.../s1. The third-order valence-corrected chi connectivity index (χ3v) is 15.2. The minimum absolute atomic E-state index is 0. The summed E-state index contributed by atoms with van der Waals surface area (Å²) in [6.07, 6.45) is -70.2. The monoisotopic (exact) mass is 1230 g/mol. The van der Waals surface area contributed by atoms with Gasteiger partial charge in [0.2, 0.25) is 0 Å². The van der Waals surface area contributed by atoms with Crippen molar-refractivity contribution in [1.29, 1.82) is 0 Å². The zero-order valence-electron chi connectivity index (χ0n) is 44.1. The van der Waals surface area contributed by atoms with Crippen molar-refractivity contribution in [3.05, 3.63) is 0 Å². The summed E-state index contributed by atoms with van der Waals surface area (Å²) in [6.45, 7) is -1.66. The molecule has 35 atom stereocenters. The second kappa shape index (κ2) is 32.0. The van der Waals surface area contributed by atoms with Crippen LogP contribution in [0.5, 0.6) is 0 Å². The van der Waals surface area contributed by atoms with E-state index in [1.54, 1.807) is 0 Å². The summed E-state index contributed by atoms with van der Waals surface area (Å²) in [5.74, 6) is 0. The Labute approximate surface area is 494 Å². The second-order valence-electron chi connectivity index (χ2n) is 20.4. The maximum atomic E-state index is 11.3. The van der Waals surface area contributed by atoms with Gasteiger partial charge in [-0.3, -0.25) is 0 Å². The molecule has 21 N–H and O–H groups in total. The Balaban J connectivity index is 0.00000177. The van der Waals surface area contributed by atoms with Crippen LogP contribution in [-0.2, 0) is 71.1 Å². The van der Waals surface area contributed by atoms with Crippen LogP contribution >= 0.6 is 0 Å². The van der Waals surface area contributed by atoms with Gasteiger partial charge in [-0.25, -0.2) is 0 Å². The van der Waals surface area contributed by atoms with Crippen LogP contribution in [0.3, 0.4) is 0 Å². The predicted octanol–water partition coefficient (Wildman–Crippen LogP) is -14.8. The Bertz CT molecular complexity index is 1530. The van der Waals surface area contributed by atoms with E-state index in [0.717, 1.165) is 13.2 Å². The molecule has 21 aliphatic heterocycles. The molecule has 21 heterocycles. The number of hydrogen-bond acceptors (Lipinski definition) is 36. The van der Waals surface area contributed by atoms with E-state index in [4.69, 9.17) is 71.1 Å². The molecule has 14 bridgehead atoms. The minimum atomic E-state index is -2.21. The van der Waals surface area contributed by atoms with Gasteiger partial charge in [-0.1, -0.05) is 0 Å². The van der Waals surface area contributed by atoms with E-state index < -0.39 is 261 Å². The molecule has 0 amide bonds. The molecule has 21 rings (SSSR count). The van der Waals surface area contributed by atoms with Gasteiger partial charge in [-0.15, -0.1) is 0 Å². The third-order valence-electron chi connectivity index (χ3n) is 15.2. The van der Waals surface area contributed by atoms with E-state index in [1.807, 2.05) is 13.8 Å². The van der Waals surface area contributed by atoms with Crippen molar-refractivity contribution in [3.8, 4) is 0 Å². The topological polar surface area (TPSA) is 563 Å². The summed E-state index contributed by atoms with van der Waals surface area (Å²) >= 11 is 0. The van der Waals surface area contributed by atoms with E-state index in [9.17, 15) is 107 Å². The summed E-state index contributed by atoms with van der Waals surface area (Å²) < 4.78 is 84.3. The number of aliphatic hydroxyl groups is 21. The molecular weight excluding hydrogens is 1150 g/mol. The van der Waals surface area contributed by atoms with Crippen LogP contribution in [0.15, 0.2) is 0 Å². The zero-order chi connectivity index (χ0) is 60.2. The molecule has 37 heteroatoms. The molecule has 21 fully saturated rings. The van der Waals surface area contributed by atoms with Crippen LogP contribution in [0.1, 0.15) is 13.8 Å². The van der Waals surface area contributed by atoms with Crippen LogP contribution in [0.25, 0.3) is 0 Å². The molecule has 0 unspecified atom stereocenters. The van der Waals surface area contributed by atoms with Crippen molar-refractivity contribution < 1.29 is 178 Å². The SMILES string of the molecule is CCOCC.OC[C@H]1O[C@@H]2O[C@H]3[C@H](O)[C@@H](O)[C@@H](O[C@H]4[C@H](O)[C@@H](O)[C@@H](O[C@H]5[C@H](O)[C@@H](O)[C@@H](O[C@H]6[C@H](O)[C@@H](O)[C@@H](O[C@H]7[C@H](O)[C@@H](O)[C@@H](O[C@H]8[C@H](O)[C@@H](O)[C@@H](O[C@H]1[C@H](O)[C@H]2O)O[C@@H]8CO)O[C@@H]7CO)O[C@@H]6CO)O[C@@H]5CO)O[C@@H]4CO)O[C@@H]3CO.[NaH]. The van der Waals surface area contributed by atoms with E-state index in [2.05, 4.69) is 0 Å². The number of hydrogen-bond donors (Lipinski definition) is 21. The van der Waals surface area contributed by atoms with E-state index >= 15 is 0 Å². The summed E-state index contributed by atoms with van der Waals surface area (Å²) in [4.78, 5) is 0. The first-order valence-corrected chi connectivity index (χ1v) is 26.6. The van der Waals surface area contributed by atoms with Crippen molar-refractivity contribution in [2.45, 2.75) is 229 Å². The molecule has 0 aliphatic carbocycles. The first-order valence-electron chi connectivity index (χ1n) is 26.6. The van der Waals surface area contributed by atoms with Gasteiger partial charge >= 0.3 is 29.6 Å². The van der Waals surface area contributed by atoms with Crippen LogP contribution in [0.4, 0.5) is 0 Å². The molecule has 0 aromatic rings. The average molecular weight is 1230 g/mol. The zero-order valence-corrected chi connectivity index (χ0v) is 44.1. The number of rotatable bonds is 9. The molecule has 0 radical (unpaired) electrons. The molecule has 0 aromatic carbocycles. The quantitative estimate of drug-likeness (QED) is 0.0953. The fraction of sp³-hybridized carbons (Fsp3) is 1.00. The Morgan fingerprint density at radius 2 is 0.337 bits per heavy atom. The fourth-order valence-electron chi connectivity index (χ4n) is 10.6. The fourth-order valence-corrected chi connectivity index (χ4v) is 10.6. The average Bonchev–Trinajstić information content (AvgIpc) is 3.57. The molecule has 21 saturated heterocycles. The van der Waals surface area contributed by atoms with Gasteiger partial charge in [0.1, 0.15) is 171 Å². The van der Waals surface area contributed by atoms with Crippen molar-refractivity contribution in [2.24, 2.45) is 0 Å². The van der Waals surface area contributed by atoms with E-state index in [-0.39, 0.29) is 29.6 Å². The Kier molecular flexibility index (Phi) is 27.6. The normalized spacial score (nSPS) is 51.9. The Morgan fingerprint density at radius 3 is 0.422 bits per heavy atom. The molecule has 21 aliphatic rings. The van der Waals surface area contributed by atoms with Gasteiger partial charge < -0.3 is 178 Å². The third kappa shape index (κ3) is 15.3. The maximum absolute atomic E-state index is 11.3. The van der Waals surface area contributed by atoms with Crippen molar-refractivity contribution in [2.75, 3.05) is 59.5 Å².